The topological polar surface area (TPSA) is 15.8 Å². The number of benzene rings is 2. The van der Waals surface area contributed by atoms with Gasteiger partial charge in [-0.2, -0.15) is 0 Å². The highest BCUT2D eigenvalue weighted by Gasteiger charge is 2.37. The number of nitrogens with one attached hydrogen (secondary N) is 1. The summed E-state index contributed by atoms with van der Waals surface area (Å²) >= 11 is 0. The Morgan fingerprint density at radius 1 is 0.366 bits per heavy atom. The molecule has 3 aromatic rings. The Balaban J connectivity index is 2.70. The van der Waals surface area contributed by atoms with Crippen LogP contribution in [0, 0.1) is 0 Å². The van der Waals surface area contributed by atoms with Crippen LogP contribution in [-0.2, 0) is 21.7 Å². The van der Waals surface area contributed by atoms with Gasteiger partial charge in [-0.05, 0) is 133 Å². The quantitative estimate of drug-likeness (QED) is 0.180. The molecule has 1 N–H and O–H groups in total. The molecule has 0 radical (unpaired) electrons. The standard InChI is InChI=1S/C40H65N/c1-13-37(14-2,15-3)29-25-31-32-26-30(38(16-4,17-5)18-6)28-34(40(22-10,23-11)24-12)36(32)41-35(31)33(27-29)39(19-7,20-8)21-9/h25-28,41H,13-24H2,1-12H3. The molecule has 3 rings (SSSR count). The molecular formula is C40H65N. The molecule has 0 aliphatic rings. The lowest BCUT2D eigenvalue weighted by atomic mass is 9.68. The van der Waals surface area contributed by atoms with E-state index in [1.165, 1.54) is 98.9 Å². The van der Waals surface area contributed by atoms with Crippen molar-refractivity contribution in [1.82, 2.24) is 4.98 Å². The zero-order valence-electron chi connectivity index (χ0n) is 29.3. The van der Waals surface area contributed by atoms with Crippen molar-refractivity contribution in [1.29, 1.82) is 0 Å². The van der Waals surface area contributed by atoms with Crippen LogP contribution >= 0.6 is 0 Å². The van der Waals surface area contributed by atoms with Gasteiger partial charge < -0.3 is 4.98 Å². The lowest BCUT2D eigenvalue weighted by Crippen LogP contribution is -2.27. The first-order valence-corrected chi connectivity index (χ1v) is 17.8. The molecule has 1 heterocycles. The van der Waals surface area contributed by atoms with Gasteiger partial charge in [0.05, 0.1) is 11.0 Å². The first-order valence-electron chi connectivity index (χ1n) is 17.8. The summed E-state index contributed by atoms with van der Waals surface area (Å²) < 4.78 is 0. The summed E-state index contributed by atoms with van der Waals surface area (Å²) in [5, 5.41) is 2.95. The molecule has 230 valence electrons. The molecule has 2 aromatic carbocycles. The van der Waals surface area contributed by atoms with Crippen LogP contribution in [0.1, 0.15) is 182 Å². The molecule has 0 unspecified atom stereocenters. The van der Waals surface area contributed by atoms with Crippen LogP contribution in [0.5, 0.6) is 0 Å². The number of aromatic amines is 1. The number of hydrogen-bond acceptors (Lipinski definition) is 0. The van der Waals surface area contributed by atoms with E-state index in [-0.39, 0.29) is 21.7 Å². The van der Waals surface area contributed by atoms with E-state index >= 15 is 0 Å². The Morgan fingerprint density at radius 2 is 0.610 bits per heavy atom. The molecule has 0 spiro atoms. The molecular weight excluding hydrogens is 494 g/mol. The van der Waals surface area contributed by atoms with Crippen LogP contribution < -0.4 is 0 Å². The Bertz CT molecular complexity index is 1140. The van der Waals surface area contributed by atoms with Crippen molar-refractivity contribution in [2.75, 3.05) is 0 Å². The summed E-state index contributed by atoms with van der Waals surface area (Å²) in [5.74, 6) is 0. The van der Waals surface area contributed by atoms with Crippen LogP contribution in [0.2, 0.25) is 0 Å². The second kappa shape index (κ2) is 13.3. The molecule has 0 bridgehead atoms. The lowest BCUT2D eigenvalue weighted by molar-refractivity contribution is 0.370. The van der Waals surface area contributed by atoms with E-state index in [9.17, 15) is 0 Å². The smallest absolute Gasteiger partial charge is 0.0503 e. The molecule has 0 fully saturated rings. The van der Waals surface area contributed by atoms with Gasteiger partial charge in [0.15, 0.2) is 0 Å². The van der Waals surface area contributed by atoms with E-state index in [0.717, 1.165) is 0 Å². The molecule has 41 heavy (non-hydrogen) atoms. The van der Waals surface area contributed by atoms with Crippen LogP contribution in [0.15, 0.2) is 24.3 Å². The molecule has 0 aliphatic heterocycles. The van der Waals surface area contributed by atoms with E-state index in [1.807, 2.05) is 0 Å². The predicted molar refractivity (Wildman–Crippen MR) is 186 cm³/mol. The SMILES string of the molecule is CCC(CC)(CC)c1cc(C(CC)(CC)CC)c2[nH]c3c(C(CC)(CC)CC)cc(C(CC)(CC)CC)cc3c2c1. The minimum Gasteiger partial charge on any atom is -0.354 e. The normalized spacial score (nSPS) is 13.6. The van der Waals surface area contributed by atoms with Gasteiger partial charge >= 0.3 is 0 Å². The zero-order valence-corrected chi connectivity index (χ0v) is 29.3. The minimum atomic E-state index is 0.191. The van der Waals surface area contributed by atoms with E-state index in [2.05, 4.69) is 112 Å². The highest BCUT2D eigenvalue weighted by Crippen LogP contribution is 2.49. The fourth-order valence-electron chi connectivity index (χ4n) is 8.92. The van der Waals surface area contributed by atoms with Crippen molar-refractivity contribution in [2.24, 2.45) is 0 Å². The van der Waals surface area contributed by atoms with E-state index in [1.54, 1.807) is 22.3 Å². The molecule has 1 aromatic heterocycles. The molecule has 0 saturated carbocycles. The monoisotopic (exact) mass is 560 g/mol. The van der Waals surface area contributed by atoms with Gasteiger partial charge in [-0.3, -0.25) is 0 Å². The summed E-state index contributed by atoms with van der Waals surface area (Å²) in [4.78, 5) is 4.20. The first kappa shape index (κ1) is 33.7. The fraction of sp³-hybridized carbons (Fsp3) is 0.700. The summed E-state index contributed by atoms with van der Waals surface area (Å²) in [6.07, 6.45) is 14.2. The number of aromatic nitrogens is 1. The highest BCUT2D eigenvalue weighted by atomic mass is 14.7. The van der Waals surface area contributed by atoms with Crippen molar-refractivity contribution in [2.45, 2.75) is 182 Å². The maximum atomic E-state index is 4.20. The average Bonchev–Trinajstić information content (AvgIpc) is 3.40. The Labute approximate surface area is 254 Å². The number of hydrogen-bond donors (Lipinski definition) is 1. The van der Waals surface area contributed by atoms with Crippen LogP contribution in [0.25, 0.3) is 21.8 Å². The van der Waals surface area contributed by atoms with Crippen LogP contribution in [0.4, 0.5) is 0 Å². The number of H-pyrrole nitrogens is 1. The Hall–Kier alpha value is -1.76. The van der Waals surface area contributed by atoms with Gasteiger partial charge in [-0.15, -0.1) is 0 Å². The summed E-state index contributed by atoms with van der Waals surface area (Å²) in [6.45, 7) is 28.9. The van der Waals surface area contributed by atoms with Gasteiger partial charge in [0.1, 0.15) is 0 Å². The van der Waals surface area contributed by atoms with Crippen molar-refractivity contribution in [3.63, 3.8) is 0 Å². The Kier molecular flexibility index (Phi) is 10.9. The molecule has 0 aliphatic carbocycles. The van der Waals surface area contributed by atoms with Gasteiger partial charge in [-0.25, -0.2) is 0 Å². The molecule has 0 atom stereocenters. The van der Waals surface area contributed by atoms with E-state index < -0.39 is 0 Å². The van der Waals surface area contributed by atoms with Gasteiger partial charge in [0.2, 0.25) is 0 Å². The van der Waals surface area contributed by atoms with Crippen LogP contribution in [0.3, 0.4) is 0 Å². The van der Waals surface area contributed by atoms with Crippen molar-refractivity contribution >= 4 is 21.8 Å². The second-order valence-electron chi connectivity index (χ2n) is 13.4. The van der Waals surface area contributed by atoms with Crippen LogP contribution in [-0.4, -0.2) is 4.98 Å². The number of fused-ring (bicyclic) bond motifs is 3. The average molecular weight is 560 g/mol. The lowest BCUT2D eigenvalue weighted by Gasteiger charge is -2.36. The maximum Gasteiger partial charge on any atom is 0.0503 e. The van der Waals surface area contributed by atoms with E-state index in [4.69, 9.17) is 0 Å². The van der Waals surface area contributed by atoms with Gasteiger partial charge in [0.25, 0.3) is 0 Å². The third-order valence-corrected chi connectivity index (χ3v) is 13.3. The molecule has 1 nitrogen and oxygen atoms in total. The predicted octanol–water partition coefficient (Wildman–Crippen LogP) is 13.2. The third kappa shape index (κ3) is 5.20. The summed E-state index contributed by atoms with van der Waals surface area (Å²) in [6, 6.07) is 10.6. The molecule has 0 saturated heterocycles. The summed E-state index contributed by atoms with van der Waals surface area (Å²) in [5.41, 5.74) is 9.96. The number of rotatable bonds is 16. The molecule has 0 amide bonds. The van der Waals surface area contributed by atoms with E-state index in [0.29, 0.717) is 0 Å². The van der Waals surface area contributed by atoms with Gasteiger partial charge in [-0.1, -0.05) is 95.2 Å². The highest BCUT2D eigenvalue weighted by molar-refractivity contribution is 6.10. The maximum absolute atomic E-state index is 4.20. The second-order valence-corrected chi connectivity index (χ2v) is 13.4. The first-order chi connectivity index (χ1) is 19.6. The van der Waals surface area contributed by atoms with Crippen molar-refractivity contribution in [3.8, 4) is 0 Å². The molecule has 1 heteroatoms. The minimum absolute atomic E-state index is 0.191. The van der Waals surface area contributed by atoms with Gasteiger partial charge in [0, 0.05) is 10.8 Å². The fourth-order valence-corrected chi connectivity index (χ4v) is 8.92. The van der Waals surface area contributed by atoms with Crippen molar-refractivity contribution < 1.29 is 0 Å². The zero-order chi connectivity index (χ0) is 30.6. The third-order valence-electron chi connectivity index (χ3n) is 13.3. The Morgan fingerprint density at radius 3 is 0.829 bits per heavy atom. The summed E-state index contributed by atoms with van der Waals surface area (Å²) in [7, 11) is 0. The largest absolute Gasteiger partial charge is 0.354 e. The van der Waals surface area contributed by atoms with Crippen molar-refractivity contribution in [3.05, 3.63) is 46.5 Å².